The van der Waals surface area contributed by atoms with Crippen LogP contribution in [0.25, 0.3) is 0 Å². The van der Waals surface area contributed by atoms with E-state index in [2.05, 4.69) is 57.9 Å². The zero-order valence-electron chi connectivity index (χ0n) is 14.1. The van der Waals surface area contributed by atoms with Gasteiger partial charge in [-0.25, -0.2) is 0 Å². The van der Waals surface area contributed by atoms with E-state index in [1.165, 1.54) is 12.0 Å². The van der Waals surface area contributed by atoms with Gasteiger partial charge in [0.25, 0.3) is 0 Å². The molecular weight excluding hydrogens is 248 g/mol. The fourth-order valence-electron chi connectivity index (χ4n) is 2.37. The van der Waals surface area contributed by atoms with Crippen molar-refractivity contribution in [1.29, 1.82) is 0 Å². The smallest absolute Gasteiger partial charge is 0.118 e. The fraction of sp³-hybridized carbons (Fsp3) is 0.765. The summed E-state index contributed by atoms with van der Waals surface area (Å²) in [6, 6.07) is 2.76. The SMILES string of the molecule is CC(C)CNCc1coc(CN(C)C(C)CC(C)C)c1. The molecule has 0 radical (unpaired) electrons. The predicted molar refractivity (Wildman–Crippen MR) is 85.6 cm³/mol. The van der Waals surface area contributed by atoms with Gasteiger partial charge in [-0.1, -0.05) is 27.7 Å². The second-order valence-electron chi connectivity index (χ2n) is 6.84. The van der Waals surface area contributed by atoms with E-state index >= 15 is 0 Å². The minimum Gasteiger partial charge on any atom is -0.468 e. The molecule has 0 amide bonds. The lowest BCUT2D eigenvalue weighted by Gasteiger charge is -2.25. The first kappa shape index (κ1) is 17.3. The van der Waals surface area contributed by atoms with Crippen molar-refractivity contribution in [2.45, 2.75) is 60.2 Å². The highest BCUT2D eigenvalue weighted by Crippen LogP contribution is 2.15. The summed E-state index contributed by atoms with van der Waals surface area (Å²) in [4.78, 5) is 2.37. The second-order valence-corrected chi connectivity index (χ2v) is 6.84. The van der Waals surface area contributed by atoms with Gasteiger partial charge in [0.1, 0.15) is 5.76 Å². The Hall–Kier alpha value is -0.800. The largest absolute Gasteiger partial charge is 0.468 e. The van der Waals surface area contributed by atoms with E-state index < -0.39 is 0 Å². The Labute approximate surface area is 124 Å². The molecule has 20 heavy (non-hydrogen) atoms. The molecular formula is C17H32N2O. The number of nitrogens with one attached hydrogen (secondary N) is 1. The summed E-state index contributed by atoms with van der Waals surface area (Å²) >= 11 is 0. The summed E-state index contributed by atoms with van der Waals surface area (Å²) < 4.78 is 5.67. The average Bonchev–Trinajstić information content (AvgIpc) is 2.75. The fourth-order valence-corrected chi connectivity index (χ4v) is 2.37. The number of rotatable bonds is 9. The van der Waals surface area contributed by atoms with Crippen molar-refractivity contribution >= 4 is 0 Å². The lowest BCUT2D eigenvalue weighted by Crippen LogP contribution is -2.29. The third-order valence-electron chi connectivity index (χ3n) is 3.56. The van der Waals surface area contributed by atoms with Gasteiger partial charge >= 0.3 is 0 Å². The minimum absolute atomic E-state index is 0.586. The molecule has 0 aliphatic heterocycles. The topological polar surface area (TPSA) is 28.4 Å². The van der Waals surface area contributed by atoms with Crippen LogP contribution < -0.4 is 5.32 Å². The Bertz CT molecular complexity index is 371. The molecule has 116 valence electrons. The Morgan fingerprint density at radius 2 is 1.85 bits per heavy atom. The number of furan rings is 1. The van der Waals surface area contributed by atoms with Gasteiger partial charge < -0.3 is 9.73 Å². The normalized spacial score (nSPS) is 13.7. The average molecular weight is 280 g/mol. The monoisotopic (exact) mass is 280 g/mol. The van der Waals surface area contributed by atoms with Crippen LogP contribution >= 0.6 is 0 Å². The zero-order valence-corrected chi connectivity index (χ0v) is 14.1. The van der Waals surface area contributed by atoms with Crippen LogP contribution in [0.2, 0.25) is 0 Å². The molecule has 0 spiro atoms. The highest BCUT2D eigenvalue weighted by molar-refractivity contribution is 5.12. The van der Waals surface area contributed by atoms with Crippen LogP contribution in [-0.2, 0) is 13.1 Å². The lowest BCUT2D eigenvalue weighted by atomic mass is 10.0. The second kappa shape index (κ2) is 8.48. The predicted octanol–water partition coefficient (Wildman–Crippen LogP) is 3.89. The third kappa shape index (κ3) is 6.58. The molecule has 0 aromatic carbocycles. The molecule has 1 aromatic heterocycles. The molecule has 1 rings (SSSR count). The molecule has 3 nitrogen and oxygen atoms in total. The zero-order chi connectivity index (χ0) is 15.1. The van der Waals surface area contributed by atoms with E-state index in [0.29, 0.717) is 12.0 Å². The van der Waals surface area contributed by atoms with Crippen LogP contribution in [0.1, 0.15) is 52.4 Å². The van der Waals surface area contributed by atoms with Gasteiger partial charge in [0.2, 0.25) is 0 Å². The Kier molecular flexibility index (Phi) is 7.31. The summed E-state index contributed by atoms with van der Waals surface area (Å²) in [5, 5.41) is 3.44. The molecule has 1 heterocycles. The van der Waals surface area contributed by atoms with Crippen LogP contribution in [0.3, 0.4) is 0 Å². The molecule has 3 heteroatoms. The van der Waals surface area contributed by atoms with Crippen molar-refractivity contribution in [1.82, 2.24) is 10.2 Å². The molecule has 0 saturated carbocycles. The van der Waals surface area contributed by atoms with Gasteiger partial charge in [-0.2, -0.15) is 0 Å². The van der Waals surface area contributed by atoms with E-state index in [1.807, 2.05) is 6.26 Å². The molecule has 0 fully saturated rings. The van der Waals surface area contributed by atoms with Gasteiger partial charge in [0.05, 0.1) is 12.8 Å². The summed E-state index contributed by atoms with van der Waals surface area (Å²) in [7, 11) is 2.17. The van der Waals surface area contributed by atoms with Gasteiger partial charge in [-0.3, -0.25) is 4.90 Å². The molecule has 1 aromatic rings. The number of hydrogen-bond donors (Lipinski definition) is 1. The van der Waals surface area contributed by atoms with Crippen molar-refractivity contribution in [3.8, 4) is 0 Å². The van der Waals surface area contributed by atoms with E-state index in [9.17, 15) is 0 Å². The van der Waals surface area contributed by atoms with E-state index in [0.717, 1.165) is 31.3 Å². The maximum absolute atomic E-state index is 5.67. The van der Waals surface area contributed by atoms with Crippen molar-refractivity contribution in [3.05, 3.63) is 23.7 Å². The quantitative estimate of drug-likeness (QED) is 0.744. The molecule has 1 N–H and O–H groups in total. The Balaban J connectivity index is 2.39. The molecule has 0 bridgehead atoms. The van der Waals surface area contributed by atoms with Crippen LogP contribution in [0.5, 0.6) is 0 Å². The summed E-state index contributed by atoms with van der Waals surface area (Å²) in [6.45, 7) is 14.1. The highest BCUT2D eigenvalue weighted by Gasteiger charge is 2.13. The van der Waals surface area contributed by atoms with Crippen LogP contribution in [0, 0.1) is 11.8 Å². The summed E-state index contributed by atoms with van der Waals surface area (Å²) in [5.74, 6) is 2.48. The van der Waals surface area contributed by atoms with Crippen molar-refractivity contribution in [2.75, 3.05) is 13.6 Å². The van der Waals surface area contributed by atoms with Crippen LogP contribution in [0.15, 0.2) is 16.7 Å². The molecule has 1 atom stereocenters. The standard InChI is InChI=1S/C17H32N2O/c1-13(2)7-15(5)19(6)11-17-8-16(12-20-17)10-18-9-14(3)4/h8,12-15,18H,7,9-11H2,1-6H3. The van der Waals surface area contributed by atoms with Gasteiger partial charge in [0.15, 0.2) is 0 Å². The van der Waals surface area contributed by atoms with Crippen molar-refractivity contribution < 1.29 is 4.42 Å². The minimum atomic E-state index is 0.586. The first-order valence-electron chi connectivity index (χ1n) is 7.85. The highest BCUT2D eigenvalue weighted by atomic mass is 16.3. The molecule has 0 aliphatic carbocycles. The summed E-state index contributed by atoms with van der Waals surface area (Å²) in [6.07, 6.45) is 3.10. The van der Waals surface area contributed by atoms with Gasteiger partial charge in [0, 0.05) is 18.2 Å². The lowest BCUT2D eigenvalue weighted by molar-refractivity contribution is 0.205. The van der Waals surface area contributed by atoms with Crippen LogP contribution in [0.4, 0.5) is 0 Å². The van der Waals surface area contributed by atoms with Crippen molar-refractivity contribution in [3.63, 3.8) is 0 Å². The Morgan fingerprint density at radius 3 is 2.45 bits per heavy atom. The van der Waals surface area contributed by atoms with E-state index in [-0.39, 0.29) is 0 Å². The summed E-state index contributed by atoms with van der Waals surface area (Å²) in [5.41, 5.74) is 1.24. The van der Waals surface area contributed by atoms with Gasteiger partial charge in [-0.15, -0.1) is 0 Å². The number of nitrogens with zero attached hydrogens (tertiary/aromatic N) is 1. The maximum atomic E-state index is 5.67. The molecule has 0 saturated heterocycles. The maximum Gasteiger partial charge on any atom is 0.118 e. The van der Waals surface area contributed by atoms with E-state index in [1.54, 1.807) is 0 Å². The van der Waals surface area contributed by atoms with Crippen molar-refractivity contribution in [2.24, 2.45) is 11.8 Å². The molecule has 0 aliphatic rings. The van der Waals surface area contributed by atoms with E-state index in [4.69, 9.17) is 4.42 Å². The van der Waals surface area contributed by atoms with Gasteiger partial charge in [-0.05, 0) is 44.8 Å². The van der Waals surface area contributed by atoms with Crippen LogP contribution in [-0.4, -0.2) is 24.5 Å². The number of hydrogen-bond acceptors (Lipinski definition) is 3. The molecule has 1 unspecified atom stereocenters. The first-order valence-corrected chi connectivity index (χ1v) is 7.85. The Morgan fingerprint density at radius 1 is 1.15 bits per heavy atom. The third-order valence-corrected chi connectivity index (χ3v) is 3.56. The first-order chi connectivity index (χ1) is 9.38.